The third kappa shape index (κ3) is 3.82. The smallest absolute Gasteiger partial charge is 0.272 e. The first-order chi connectivity index (χ1) is 10.6. The van der Waals surface area contributed by atoms with Crippen molar-refractivity contribution in [1.29, 1.82) is 0 Å². The summed E-state index contributed by atoms with van der Waals surface area (Å²) in [6, 6.07) is 5.09. The van der Waals surface area contributed by atoms with Crippen LogP contribution in [0.1, 0.15) is 23.1 Å². The summed E-state index contributed by atoms with van der Waals surface area (Å²) in [5.74, 6) is 0.259. The summed E-state index contributed by atoms with van der Waals surface area (Å²) in [5, 5.41) is 18.7. The third-order valence-electron chi connectivity index (χ3n) is 4.37. The van der Waals surface area contributed by atoms with Crippen molar-refractivity contribution < 1.29 is 15.0 Å². The maximum atomic E-state index is 12.6. The van der Waals surface area contributed by atoms with Crippen LogP contribution in [0.15, 0.2) is 18.2 Å². The Bertz CT molecular complexity index is 509. The van der Waals surface area contributed by atoms with Crippen molar-refractivity contribution in [2.75, 3.05) is 39.8 Å². The molecule has 0 radical (unpaired) electrons. The Morgan fingerprint density at radius 1 is 1.36 bits per heavy atom. The van der Waals surface area contributed by atoms with Gasteiger partial charge in [-0.05, 0) is 31.6 Å². The van der Waals surface area contributed by atoms with Crippen LogP contribution >= 0.6 is 0 Å². The molecular formula is C16H25N3O3. The van der Waals surface area contributed by atoms with Gasteiger partial charge in [0.1, 0.15) is 5.69 Å². The zero-order chi connectivity index (χ0) is 16.1. The van der Waals surface area contributed by atoms with Crippen LogP contribution in [0.2, 0.25) is 0 Å². The molecule has 2 atom stereocenters. The van der Waals surface area contributed by atoms with Crippen LogP contribution in [0.3, 0.4) is 0 Å². The average Bonchev–Trinajstić information content (AvgIpc) is 2.96. The van der Waals surface area contributed by atoms with Gasteiger partial charge in [-0.25, -0.2) is 4.98 Å². The number of likely N-dealkylation sites (tertiary alicyclic amines) is 1. The Morgan fingerprint density at radius 3 is 2.73 bits per heavy atom. The maximum Gasteiger partial charge on any atom is 0.272 e. The number of carbonyl (C=O) groups is 1. The van der Waals surface area contributed by atoms with E-state index in [2.05, 4.69) is 16.8 Å². The molecule has 1 amide bonds. The molecule has 2 N–H and O–H groups in total. The minimum atomic E-state index is -0.176. The van der Waals surface area contributed by atoms with Crippen molar-refractivity contribution in [2.24, 2.45) is 11.8 Å². The fraction of sp³-hybridized carbons (Fsp3) is 0.625. The summed E-state index contributed by atoms with van der Waals surface area (Å²) in [4.78, 5) is 20.7. The van der Waals surface area contributed by atoms with Gasteiger partial charge in [0.05, 0.1) is 12.3 Å². The predicted molar refractivity (Wildman–Crippen MR) is 83.3 cm³/mol. The highest BCUT2D eigenvalue weighted by Gasteiger charge is 2.35. The molecule has 0 aliphatic carbocycles. The van der Waals surface area contributed by atoms with Crippen molar-refractivity contribution in [3.63, 3.8) is 0 Å². The van der Waals surface area contributed by atoms with Crippen LogP contribution in [0.25, 0.3) is 0 Å². The largest absolute Gasteiger partial charge is 0.396 e. The molecule has 1 aromatic heterocycles. The van der Waals surface area contributed by atoms with Crippen LogP contribution < -0.4 is 0 Å². The fourth-order valence-electron chi connectivity index (χ4n) is 2.90. The summed E-state index contributed by atoms with van der Waals surface area (Å²) in [5.41, 5.74) is 0.846. The lowest BCUT2D eigenvalue weighted by Crippen LogP contribution is -2.32. The van der Waals surface area contributed by atoms with Crippen molar-refractivity contribution in [2.45, 2.75) is 13.5 Å². The Morgan fingerprint density at radius 2 is 2.09 bits per heavy atom. The lowest BCUT2D eigenvalue weighted by Gasteiger charge is -2.22. The summed E-state index contributed by atoms with van der Waals surface area (Å²) < 4.78 is 0. The average molecular weight is 307 g/mol. The molecule has 0 spiro atoms. The molecule has 1 aliphatic heterocycles. The number of aliphatic hydroxyl groups is 2. The van der Waals surface area contributed by atoms with E-state index in [-0.39, 0.29) is 31.0 Å². The fourth-order valence-corrected chi connectivity index (χ4v) is 2.90. The summed E-state index contributed by atoms with van der Waals surface area (Å²) in [7, 11) is 2.05. The molecule has 1 aromatic rings. The number of hydrogen-bond acceptors (Lipinski definition) is 5. The molecular weight excluding hydrogens is 282 g/mol. The minimum absolute atomic E-state index is 0.0934. The molecule has 1 aliphatic rings. The molecule has 2 rings (SSSR count). The molecule has 22 heavy (non-hydrogen) atoms. The van der Waals surface area contributed by atoms with Gasteiger partial charge in [-0.15, -0.1) is 0 Å². The lowest BCUT2D eigenvalue weighted by molar-refractivity contribution is 0.0773. The Labute approximate surface area is 131 Å². The van der Waals surface area contributed by atoms with Crippen LogP contribution in [-0.2, 0) is 6.61 Å². The van der Waals surface area contributed by atoms with Gasteiger partial charge >= 0.3 is 0 Å². The van der Waals surface area contributed by atoms with E-state index in [4.69, 9.17) is 5.11 Å². The zero-order valence-corrected chi connectivity index (χ0v) is 13.3. The number of nitrogens with zero attached hydrogens (tertiary/aromatic N) is 3. The Kier molecular flexibility index (Phi) is 5.88. The van der Waals surface area contributed by atoms with Crippen molar-refractivity contribution >= 4 is 5.91 Å². The molecule has 6 nitrogen and oxygen atoms in total. The van der Waals surface area contributed by atoms with Crippen LogP contribution in [-0.4, -0.2) is 70.7 Å². The topological polar surface area (TPSA) is 76.9 Å². The molecule has 0 saturated carbocycles. The molecule has 1 saturated heterocycles. The first-order valence-corrected chi connectivity index (χ1v) is 7.74. The van der Waals surface area contributed by atoms with Crippen LogP contribution in [0, 0.1) is 11.8 Å². The second kappa shape index (κ2) is 7.67. The molecule has 1 fully saturated rings. The highest BCUT2D eigenvalue weighted by atomic mass is 16.3. The highest BCUT2D eigenvalue weighted by Crippen LogP contribution is 2.25. The van der Waals surface area contributed by atoms with Gasteiger partial charge in [-0.1, -0.05) is 13.0 Å². The summed E-state index contributed by atoms with van der Waals surface area (Å²) in [6.07, 6.45) is 0. The van der Waals surface area contributed by atoms with Crippen molar-refractivity contribution in [1.82, 2.24) is 14.8 Å². The van der Waals surface area contributed by atoms with Crippen molar-refractivity contribution in [3.8, 4) is 0 Å². The number of aliphatic hydroxyl groups excluding tert-OH is 2. The van der Waals surface area contributed by atoms with E-state index in [0.29, 0.717) is 24.5 Å². The van der Waals surface area contributed by atoms with E-state index in [1.807, 2.05) is 7.05 Å². The van der Waals surface area contributed by atoms with Crippen LogP contribution in [0.4, 0.5) is 0 Å². The number of pyridine rings is 1. The number of amides is 1. The minimum Gasteiger partial charge on any atom is -0.396 e. The molecule has 122 valence electrons. The van der Waals surface area contributed by atoms with E-state index in [1.165, 1.54) is 0 Å². The SMILES string of the molecule is CCN(C)C[C@@H]1CN(C(=O)c2cccc(CO)n2)C[C@@H]1CO. The molecule has 2 heterocycles. The van der Waals surface area contributed by atoms with Gasteiger partial charge in [0.15, 0.2) is 0 Å². The first kappa shape index (κ1) is 16.9. The molecule has 0 bridgehead atoms. The third-order valence-corrected chi connectivity index (χ3v) is 4.37. The maximum absolute atomic E-state index is 12.6. The number of rotatable bonds is 6. The van der Waals surface area contributed by atoms with Crippen LogP contribution in [0.5, 0.6) is 0 Å². The number of hydrogen-bond donors (Lipinski definition) is 2. The summed E-state index contributed by atoms with van der Waals surface area (Å²) >= 11 is 0. The second-order valence-electron chi connectivity index (χ2n) is 5.94. The molecule has 0 unspecified atom stereocenters. The van der Waals surface area contributed by atoms with E-state index < -0.39 is 0 Å². The Balaban J connectivity index is 2.07. The van der Waals surface area contributed by atoms with Gasteiger partial charge < -0.3 is 20.0 Å². The van der Waals surface area contributed by atoms with Gasteiger partial charge in [0, 0.05) is 32.2 Å². The number of carbonyl (C=O) groups excluding carboxylic acids is 1. The van der Waals surface area contributed by atoms with Crippen molar-refractivity contribution in [3.05, 3.63) is 29.6 Å². The van der Waals surface area contributed by atoms with Gasteiger partial charge in [0.2, 0.25) is 0 Å². The van der Waals surface area contributed by atoms with E-state index in [9.17, 15) is 9.90 Å². The van der Waals surface area contributed by atoms with E-state index in [1.54, 1.807) is 23.1 Å². The van der Waals surface area contributed by atoms with Gasteiger partial charge in [0.25, 0.3) is 5.91 Å². The first-order valence-electron chi connectivity index (χ1n) is 7.74. The highest BCUT2D eigenvalue weighted by molar-refractivity contribution is 5.92. The quantitative estimate of drug-likeness (QED) is 0.785. The van der Waals surface area contributed by atoms with Gasteiger partial charge in [-0.3, -0.25) is 4.79 Å². The molecule has 6 heteroatoms. The number of aromatic nitrogens is 1. The lowest BCUT2D eigenvalue weighted by atomic mass is 9.96. The second-order valence-corrected chi connectivity index (χ2v) is 5.94. The Hall–Kier alpha value is -1.50. The summed E-state index contributed by atoms with van der Waals surface area (Å²) in [6.45, 7) is 5.02. The van der Waals surface area contributed by atoms with Gasteiger partial charge in [-0.2, -0.15) is 0 Å². The standard InChI is InChI=1S/C16H25N3O3/c1-3-18(2)7-12-8-19(9-13(12)10-20)16(22)15-6-4-5-14(11-21)17-15/h4-6,12-13,20-21H,3,7-11H2,1-2H3/t12-,13-/m1/s1. The zero-order valence-electron chi connectivity index (χ0n) is 13.3. The molecule has 0 aromatic carbocycles. The predicted octanol–water partition coefficient (Wildman–Crippen LogP) is 0.206. The van der Waals surface area contributed by atoms with E-state index in [0.717, 1.165) is 13.1 Å². The monoisotopic (exact) mass is 307 g/mol. The normalized spacial score (nSPS) is 21.6. The van der Waals surface area contributed by atoms with E-state index >= 15 is 0 Å².